The van der Waals surface area contributed by atoms with E-state index < -0.39 is 29.9 Å². The zero-order valence-corrected chi connectivity index (χ0v) is 13.2. The summed E-state index contributed by atoms with van der Waals surface area (Å²) in [6.45, 7) is 5.17. The molecule has 2 unspecified atom stereocenters. The number of esters is 1. The average molecular weight is 307 g/mol. The fourth-order valence-corrected chi connectivity index (χ4v) is 2.47. The smallest absolute Gasteiger partial charge is 0.413 e. The summed E-state index contributed by atoms with van der Waals surface area (Å²) < 4.78 is 10.1. The Morgan fingerprint density at radius 1 is 1.27 bits per heavy atom. The molecule has 0 spiro atoms. The maximum absolute atomic E-state index is 12.4. The minimum Gasteiger partial charge on any atom is -0.467 e. The van der Waals surface area contributed by atoms with Gasteiger partial charge < -0.3 is 14.6 Å². The molecular weight excluding hydrogens is 286 g/mol. The Morgan fingerprint density at radius 2 is 1.91 bits per heavy atom. The van der Waals surface area contributed by atoms with Gasteiger partial charge in [0.2, 0.25) is 0 Å². The van der Waals surface area contributed by atoms with E-state index in [-0.39, 0.29) is 6.42 Å². The van der Waals surface area contributed by atoms with Crippen molar-refractivity contribution in [1.29, 1.82) is 0 Å². The normalized spacial score (nSPS) is 21.0. The highest BCUT2D eigenvalue weighted by atomic mass is 16.6. The molecule has 0 saturated heterocycles. The molecule has 2 rings (SSSR count). The van der Waals surface area contributed by atoms with Crippen molar-refractivity contribution < 1.29 is 24.2 Å². The number of amides is 1. The monoisotopic (exact) mass is 307 g/mol. The summed E-state index contributed by atoms with van der Waals surface area (Å²) in [6.07, 6.45) is -1.71. The van der Waals surface area contributed by atoms with E-state index in [0.29, 0.717) is 5.56 Å². The number of hydrogen-bond donors (Lipinski definition) is 1. The van der Waals surface area contributed by atoms with Crippen molar-refractivity contribution in [2.75, 3.05) is 7.11 Å². The largest absolute Gasteiger partial charge is 0.467 e. The Hall–Kier alpha value is -2.08. The van der Waals surface area contributed by atoms with Crippen molar-refractivity contribution in [2.24, 2.45) is 0 Å². The molecule has 1 aliphatic rings. The van der Waals surface area contributed by atoms with Crippen LogP contribution in [0.2, 0.25) is 0 Å². The van der Waals surface area contributed by atoms with Gasteiger partial charge >= 0.3 is 12.1 Å². The predicted molar refractivity (Wildman–Crippen MR) is 79.0 cm³/mol. The van der Waals surface area contributed by atoms with E-state index in [9.17, 15) is 14.7 Å². The third-order valence-electron chi connectivity index (χ3n) is 3.42. The fraction of sp³-hybridized carbons (Fsp3) is 0.500. The number of fused-ring (bicyclic) bond motifs is 1. The van der Waals surface area contributed by atoms with Gasteiger partial charge in [0.25, 0.3) is 0 Å². The lowest BCUT2D eigenvalue weighted by Gasteiger charge is -2.39. The van der Waals surface area contributed by atoms with Gasteiger partial charge in [0.1, 0.15) is 11.6 Å². The maximum atomic E-state index is 12.4. The van der Waals surface area contributed by atoms with Crippen molar-refractivity contribution in [1.82, 2.24) is 4.90 Å². The first-order valence-corrected chi connectivity index (χ1v) is 7.09. The Kier molecular flexibility index (Phi) is 4.42. The number of ether oxygens (including phenoxy) is 2. The van der Waals surface area contributed by atoms with Crippen molar-refractivity contribution in [3.05, 3.63) is 35.4 Å². The van der Waals surface area contributed by atoms with Crippen LogP contribution in [-0.4, -0.2) is 40.8 Å². The average Bonchev–Trinajstić information content (AvgIpc) is 2.44. The van der Waals surface area contributed by atoms with Crippen LogP contribution < -0.4 is 0 Å². The van der Waals surface area contributed by atoms with E-state index in [1.54, 1.807) is 32.9 Å². The van der Waals surface area contributed by atoms with Crippen LogP contribution in [0.1, 0.15) is 38.1 Å². The molecule has 6 heteroatoms. The molecule has 0 fully saturated rings. The Labute approximate surface area is 129 Å². The van der Waals surface area contributed by atoms with Crippen LogP contribution >= 0.6 is 0 Å². The number of benzene rings is 1. The second-order valence-corrected chi connectivity index (χ2v) is 6.20. The molecule has 120 valence electrons. The van der Waals surface area contributed by atoms with Crippen molar-refractivity contribution in [3.63, 3.8) is 0 Å². The quantitative estimate of drug-likeness (QED) is 0.803. The van der Waals surface area contributed by atoms with Gasteiger partial charge in [-0.2, -0.15) is 0 Å². The first-order chi connectivity index (χ1) is 10.2. The summed E-state index contributed by atoms with van der Waals surface area (Å²) in [4.78, 5) is 25.5. The number of carbonyl (C=O) groups excluding carboxylic acids is 2. The van der Waals surface area contributed by atoms with Crippen molar-refractivity contribution in [2.45, 2.75) is 45.1 Å². The van der Waals surface area contributed by atoms with Crippen LogP contribution in [0.3, 0.4) is 0 Å². The second kappa shape index (κ2) is 5.96. The molecule has 22 heavy (non-hydrogen) atoms. The number of methoxy groups -OCH3 is 1. The number of hydrogen-bond acceptors (Lipinski definition) is 5. The molecule has 2 atom stereocenters. The highest BCUT2D eigenvalue weighted by Crippen LogP contribution is 2.33. The number of aliphatic hydroxyl groups is 1. The third kappa shape index (κ3) is 3.22. The first kappa shape index (κ1) is 16.3. The van der Waals surface area contributed by atoms with E-state index >= 15 is 0 Å². The number of nitrogens with zero attached hydrogens (tertiary/aromatic N) is 1. The highest BCUT2D eigenvalue weighted by molar-refractivity contribution is 5.83. The Bertz CT molecular complexity index is 578. The highest BCUT2D eigenvalue weighted by Gasteiger charge is 2.42. The molecule has 1 N–H and O–H groups in total. The second-order valence-electron chi connectivity index (χ2n) is 6.20. The lowest BCUT2D eigenvalue weighted by atomic mass is 9.93. The molecule has 0 aromatic heterocycles. The topological polar surface area (TPSA) is 76.1 Å². The first-order valence-electron chi connectivity index (χ1n) is 7.09. The standard InChI is InChI=1S/C16H21NO5/c1-16(2,3)22-15(20)17-12(14(19)21-4)9-10-7-5-6-8-11(10)13(17)18/h5-8,12-13,18H,9H2,1-4H3. The molecule has 1 aromatic carbocycles. The summed E-state index contributed by atoms with van der Waals surface area (Å²) in [5.74, 6) is -0.584. The van der Waals surface area contributed by atoms with Gasteiger partial charge in [0, 0.05) is 12.0 Å². The van der Waals surface area contributed by atoms with E-state index in [4.69, 9.17) is 9.47 Å². The molecule has 6 nitrogen and oxygen atoms in total. The van der Waals surface area contributed by atoms with Crippen LogP contribution in [0.25, 0.3) is 0 Å². The van der Waals surface area contributed by atoms with Crippen LogP contribution in [0, 0.1) is 0 Å². The molecule has 1 amide bonds. The van der Waals surface area contributed by atoms with E-state index in [1.807, 2.05) is 12.1 Å². The zero-order chi connectivity index (χ0) is 16.5. The summed E-state index contributed by atoms with van der Waals surface area (Å²) in [5, 5.41) is 10.5. The minimum absolute atomic E-state index is 0.277. The molecule has 0 saturated carbocycles. The van der Waals surface area contributed by atoms with E-state index in [0.717, 1.165) is 10.5 Å². The van der Waals surface area contributed by atoms with Gasteiger partial charge in [0.05, 0.1) is 7.11 Å². The fourth-order valence-electron chi connectivity index (χ4n) is 2.47. The maximum Gasteiger partial charge on any atom is 0.413 e. The van der Waals surface area contributed by atoms with Crippen LogP contribution in [0.5, 0.6) is 0 Å². The SMILES string of the molecule is COC(=O)C1Cc2ccccc2C(O)N1C(=O)OC(C)(C)C. The van der Waals surface area contributed by atoms with E-state index in [2.05, 4.69) is 0 Å². The van der Waals surface area contributed by atoms with Crippen LogP contribution in [-0.2, 0) is 20.7 Å². The molecule has 0 aliphatic carbocycles. The minimum atomic E-state index is -1.25. The number of carbonyl (C=O) groups is 2. The molecule has 1 aromatic rings. The summed E-state index contributed by atoms with van der Waals surface area (Å²) >= 11 is 0. The number of rotatable bonds is 1. The van der Waals surface area contributed by atoms with Crippen LogP contribution in [0.15, 0.2) is 24.3 Å². The predicted octanol–water partition coefficient (Wildman–Crippen LogP) is 2.01. The Morgan fingerprint density at radius 3 is 2.50 bits per heavy atom. The van der Waals surface area contributed by atoms with Crippen molar-refractivity contribution in [3.8, 4) is 0 Å². The van der Waals surface area contributed by atoms with Gasteiger partial charge in [-0.1, -0.05) is 24.3 Å². The number of aliphatic hydroxyl groups excluding tert-OH is 1. The lowest BCUT2D eigenvalue weighted by Crippen LogP contribution is -2.52. The summed E-state index contributed by atoms with van der Waals surface area (Å²) in [7, 11) is 1.25. The van der Waals surface area contributed by atoms with Gasteiger partial charge in [-0.25, -0.2) is 9.59 Å². The Balaban J connectivity index is 2.39. The van der Waals surface area contributed by atoms with Gasteiger partial charge in [-0.15, -0.1) is 0 Å². The molecule has 0 radical (unpaired) electrons. The van der Waals surface area contributed by atoms with Gasteiger partial charge in [-0.3, -0.25) is 4.90 Å². The molecule has 1 heterocycles. The zero-order valence-electron chi connectivity index (χ0n) is 13.2. The van der Waals surface area contributed by atoms with Gasteiger partial charge in [-0.05, 0) is 26.3 Å². The molecular formula is C16H21NO5. The molecule has 0 bridgehead atoms. The van der Waals surface area contributed by atoms with Crippen LogP contribution in [0.4, 0.5) is 4.79 Å². The summed E-state index contributed by atoms with van der Waals surface area (Å²) in [6, 6.07) is 6.23. The summed E-state index contributed by atoms with van der Waals surface area (Å²) in [5.41, 5.74) is 0.674. The lowest BCUT2D eigenvalue weighted by molar-refractivity contribution is -0.152. The van der Waals surface area contributed by atoms with Gasteiger partial charge in [0.15, 0.2) is 6.23 Å². The van der Waals surface area contributed by atoms with E-state index in [1.165, 1.54) is 7.11 Å². The molecule has 1 aliphatic heterocycles. The third-order valence-corrected chi connectivity index (χ3v) is 3.42. The van der Waals surface area contributed by atoms with Crippen molar-refractivity contribution >= 4 is 12.1 Å².